The second-order valence-electron chi connectivity index (χ2n) is 16.5. The number of methoxy groups -OCH3 is 1. The van der Waals surface area contributed by atoms with Crippen LogP contribution in [-0.4, -0.2) is 52.7 Å². The van der Waals surface area contributed by atoms with E-state index in [1.54, 1.807) is 7.11 Å². The molecule has 51 heavy (non-hydrogen) atoms. The Balaban J connectivity index is 1.59. The van der Waals surface area contributed by atoms with Gasteiger partial charge in [0.15, 0.2) is 12.3 Å². The largest absolute Gasteiger partial charge is 0.468 e. The molecule has 1 unspecified atom stereocenters. The van der Waals surface area contributed by atoms with Gasteiger partial charge >= 0.3 is 5.97 Å². The van der Waals surface area contributed by atoms with Crippen LogP contribution in [0.4, 0.5) is 11.4 Å². The van der Waals surface area contributed by atoms with Gasteiger partial charge in [0.25, 0.3) is 0 Å². The van der Waals surface area contributed by atoms with E-state index in [4.69, 9.17) is 14.2 Å². The average molecular weight is 704 g/mol. The Kier molecular flexibility index (Phi) is 9.62. The van der Waals surface area contributed by atoms with Crippen LogP contribution in [0.2, 0.25) is 13.1 Å². The molecular weight excluding hydrogens is 649 g/mol. The van der Waals surface area contributed by atoms with Gasteiger partial charge in [0, 0.05) is 43.6 Å². The molecule has 0 saturated carbocycles. The van der Waals surface area contributed by atoms with E-state index < -0.39 is 13.7 Å². The van der Waals surface area contributed by atoms with Crippen molar-refractivity contribution in [3.8, 4) is 5.75 Å². The summed E-state index contributed by atoms with van der Waals surface area (Å²) in [7, 11) is 1.52. The fourth-order valence-electron chi connectivity index (χ4n) is 8.36. The van der Waals surface area contributed by atoms with Gasteiger partial charge in [-0.2, -0.15) is 0 Å². The van der Waals surface area contributed by atoms with Crippen molar-refractivity contribution in [3.63, 3.8) is 0 Å². The molecule has 2 aliphatic rings. The Morgan fingerprint density at radius 2 is 1.61 bits per heavy atom. The lowest BCUT2D eigenvalue weighted by Gasteiger charge is -2.36. The SMILES string of the molecule is CC[N+]1=c2cc3c(cc2C(C)CC1(C)C)=C(c1ccc(C(=O)OC(C)(C)C)cc1C)c1ccc(N(C)c2ccc(OCOC)cc2)cc1[Si]3(C)C. The summed E-state index contributed by atoms with van der Waals surface area (Å²) in [5.74, 6) is 0.920. The molecule has 6 nitrogen and oxygen atoms in total. The first-order valence-corrected chi connectivity index (χ1v) is 21.2. The second kappa shape index (κ2) is 13.4. The molecule has 4 aromatic carbocycles. The minimum absolute atomic E-state index is 0.0777. The highest BCUT2D eigenvalue weighted by Crippen LogP contribution is 2.33. The van der Waals surface area contributed by atoms with E-state index in [0.29, 0.717) is 11.5 Å². The fourth-order valence-corrected chi connectivity index (χ4v) is 11.4. The monoisotopic (exact) mass is 703 g/mol. The third-order valence-corrected chi connectivity index (χ3v) is 14.3. The number of hydrogen-bond acceptors (Lipinski definition) is 5. The number of esters is 1. The summed E-state index contributed by atoms with van der Waals surface area (Å²) < 4.78 is 19.1. The van der Waals surface area contributed by atoms with E-state index in [2.05, 4.69) is 113 Å². The molecule has 2 aliphatic heterocycles. The van der Waals surface area contributed by atoms with Crippen LogP contribution < -0.4 is 35.2 Å². The van der Waals surface area contributed by atoms with Gasteiger partial charge in [0.1, 0.15) is 26.0 Å². The normalized spacial score (nSPS) is 17.3. The van der Waals surface area contributed by atoms with Crippen LogP contribution in [0.5, 0.6) is 5.75 Å². The average Bonchev–Trinajstić information content (AvgIpc) is 3.06. The quantitative estimate of drug-likeness (QED) is 0.0868. The van der Waals surface area contributed by atoms with Crippen molar-refractivity contribution in [1.82, 2.24) is 4.58 Å². The van der Waals surface area contributed by atoms with Gasteiger partial charge in [0.2, 0.25) is 5.36 Å². The van der Waals surface area contributed by atoms with Crippen molar-refractivity contribution in [2.24, 2.45) is 0 Å². The van der Waals surface area contributed by atoms with E-state index in [1.165, 1.54) is 37.6 Å². The van der Waals surface area contributed by atoms with Gasteiger partial charge < -0.3 is 19.1 Å². The number of benzene rings is 4. The Morgan fingerprint density at radius 3 is 2.24 bits per heavy atom. The number of ether oxygens (including phenoxy) is 3. The summed E-state index contributed by atoms with van der Waals surface area (Å²) in [6.07, 6.45) is 1.11. The molecule has 0 bridgehead atoms. The Morgan fingerprint density at radius 1 is 0.941 bits per heavy atom. The first-order chi connectivity index (χ1) is 24.0. The first kappa shape index (κ1) is 36.6. The predicted octanol–water partition coefficient (Wildman–Crippen LogP) is 6.88. The number of aryl methyl sites for hydroxylation is 1. The molecule has 0 aromatic heterocycles. The Bertz CT molecular complexity index is 2130. The summed E-state index contributed by atoms with van der Waals surface area (Å²) in [6, 6.07) is 26.3. The smallest absolute Gasteiger partial charge is 0.338 e. The van der Waals surface area contributed by atoms with Crippen molar-refractivity contribution in [3.05, 3.63) is 111 Å². The molecule has 268 valence electrons. The molecular formula is C44H55N2O4Si+. The molecule has 0 N–H and O–H groups in total. The summed E-state index contributed by atoms with van der Waals surface area (Å²) in [6.45, 7) is 23.5. The molecule has 1 atom stereocenters. The highest BCUT2D eigenvalue weighted by atomic mass is 28.3. The second-order valence-corrected chi connectivity index (χ2v) is 20.8. The minimum Gasteiger partial charge on any atom is -0.468 e. The zero-order chi connectivity index (χ0) is 37.0. The van der Waals surface area contributed by atoms with Gasteiger partial charge in [-0.15, -0.1) is 0 Å². The molecule has 0 fully saturated rings. The molecule has 2 heterocycles. The van der Waals surface area contributed by atoms with E-state index >= 15 is 0 Å². The topological polar surface area (TPSA) is 51.0 Å². The van der Waals surface area contributed by atoms with Crippen LogP contribution in [0.3, 0.4) is 0 Å². The maximum absolute atomic E-state index is 13.1. The van der Waals surface area contributed by atoms with E-state index in [9.17, 15) is 4.79 Å². The highest BCUT2D eigenvalue weighted by Gasteiger charge is 2.41. The number of hydrogen-bond donors (Lipinski definition) is 0. The summed E-state index contributed by atoms with van der Waals surface area (Å²) in [4.78, 5) is 15.4. The third kappa shape index (κ3) is 6.78. The van der Waals surface area contributed by atoms with E-state index in [-0.39, 0.29) is 18.3 Å². The predicted molar refractivity (Wildman–Crippen MR) is 213 cm³/mol. The molecule has 0 spiro atoms. The van der Waals surface area contributed by atoms with Crippen LogP contribution in [0, 0.1) is 6.92 Å². The number of carbonyl (C=O) groups excluding carboxylic acids is 1. The number of nitrogens with zero attached hydrogens (tertiary/aromatic N) is 2. The fraction of sp³-hybridized carbons (Fsp3) is 0.409. The van der Waals surface area contributed by atoms with E-state index in [1.807, 2.05) is 45.0 Å². The van der Waals surface area contributed by atoms with Crippen LogP contribution in [0.1, 0.15) is 93.4 Å². The van der Waals surface area contributed by atoms with Gasteiger partial charge in [-0.3, -0.25) is 0 Å². The van der Waals surface area contributed by atoms with Crippen LogP contribution in [0.15, 0.2) is 72.8 Å². The molecule has 0 saturated heterocycles. The summed E-state index contributed by atoms with van der Waals surface area (Å²) >= 11 is 0. The maximum atomic E-state index is 13.1. The standard InChI is InChI=1S/C44H55N2O4Si/c1-13-46-38-25-40-37(24-36(38)29(3)26-44(46,7)8)41(34-20-14-30(22-28(34)2)42(47)50-43(4,5)6)35-21-17-32(23-39(35)51(40,11)12)45(9)31-15-18-33(19-16-31)49-27-48-10/h14-25,29H,13,26-27H2,1-12H3/q+1. The van der Waals surface area contributed by atoms with Gasteiger partial charge in [0.05, 0.1) is 5.56 Å². The van der Waals surface area contributed by atoms with Crippen molar-refractivity contribution in [2.45, 2.75) is 92.0 Å². The molecule has 0 aliphatic carbocycles. The summed E-state index contributed by atoms with van der Waals surface area (Å²) in [5.41, 5.74) is 8.49. The van der Waals surface area contributed by atoms with Crippen LogP contribution in [0.25, 0.3) is 5.57 Å². The van der Waals surface area contributed by atoms with Gasteiger partial charge in [-0.05, 0) is 147 Å². The third-order valence-electron chi connectivity index (χ3n) is 10.8. The molecule has 4 aromatic rings. The van der Waals surface area contributed by atoms with Gasteiger partial charge in [-0.1, -0.05) is 32.2 Å². The number of anilines is 2. The first-order valence-electron chi connectivity index (χ1n) is 18.2. The van der Waals surface area contributed by atoms with E-state index in [0.717, 1.165) is 41.2 Å². The van der Waals surface area contributed by atoms with Gasteiger partial charge in [-0.25, -0.2) is 9.37 Å². The lowest BCUT2D eigenvalue weighted by molar-refractivity contribution is 0.00693. The maximum Gasteiger partial charge on any atom is 0.338 e. The summed E-state index contributed by atoms with van der Waals surface area (Å²) in [5, 5.41) is 5.59. The van der Waals surface area contributed by atoms with Crippen LogP contribution >= 0.6 is 0 Å². The molecule has 7 heteroatoms. The van der Waals surface area contributed by atoms with Crippen molar-refractivity contribution in [2.75, 3.05) is 32.4 Å². The molecule has 0 amide bonds. The molecule has 6 rings (SSSR count). The van der Waals surface area contributed by atoms with Crippen molar-refractivity contribution < 1.29 is 19.0 Å². The number of fused-ring (bicyclic) bond motifs is 3. The highest BCUT2D eigenvalue weighted by molar-refractivity contribution is 7.01. The number of rotatable bonds is 8. The lowest BCUT2D eigenvalue weighted by Crippen LogP contribution is -2.65. The van der Waals surface area contributed by atoms with Crippen molar-refractivity contribution >= 4 is 41.4 Å². The number of carbonyl (C=O) groups is 1. The van der Waals surface area contributed by atoms with Crippen LogP contribution in [-0.2, 0) is 9.47 Å². The lowest BCUT2D eigenvalue weighted by atomic mass is 9.82. The zero-order valence-corrected chi connectivity index (χ0v) is 33.7. The zero-order valence-electron chi connectivity index (χ0n) is 32.7. The minimum atomic E-state index is -2.23. The molecule has 0 radical (unpaired) electrons. The Hall–Kier alpha value is -4.20. The Labute approximate surface area is 305 Å². The van der Waals surface area contributed by atoms with Crippen molar-refractivity contribution in [1.29, 1.82) is 0 Å².